The Hall–Kier alpha value is -0.630. The first-order chi connectivity index (χ1) is 6.97. The monoisotopic (exact) mass is 224 g/mol. The lowest BCUT2D eigenvalue weighted by molar-refractivity contribution is 0.401. The number of phenols is 1. The van der Waals surface area contributed by atoms with Crippen LogP contribution in [-0.4, -0.2) is 10.9 Å². The van der Waals surface area contributed by atoms with Gasteiger partial charge in [0, 0.05) is 5.75 Å². The van der Waals surface area contributed by atoms with Crippen molar-refractivity contribution < 1.29 is 5.11 Å². The molecule has 0 radical (unpaired) electrons. The number of hydrogen-bond donors (Lipinski definition) is 1. The van der Waals surface area contributed by atoms with Gasteiger partial charge in [-0.05, 0) is 35.3 Å². The molecule has 2 heteroatoms. The van der Waals surface area contributed by atoms with Crippen LogP contribution in [0.1, 0.15) is 32.8 Å². The lowest BCUT2D eigenvalue weighted by Crippen LogP contribution is -2.05. The summed E-state index contributed by atoms with van der Waals surface area (Å²) in [6.07, 6.45) is 1.25. The van der Waals surface area contributed by atoms with E-state index >= 15 is 0 Å². The van der Waals surface area contributed by atoms with E-state index in [1.54, 1.807) is 12.1 Å². The molecule has 0 aliphatic rings. The van der Waals surface area contributed by atoms with Crippen LogP contribution >= 0.6 is 11.8 Å². The Morgan fingerprint density at radius 3 is 2.27 bits per heavy atom. The first kappa shape index (κ1) is 12.4. The van der Waals surface area contributed by atoms with Crippen LogP contribution in [0.3, 0.4) is 0 Å². The fraction of sp³-hybridized carbons (Fsp3) is 0.538. The molecule has 1 aromatic rings. The predicted molar refractivity (Wildman–Crippen MR) is 68.3 cm³/mol. The van der Waals surface area contributed by atoms with Crippen molar-refractivity contribution in [1.82, 2.24) is 0 Å². The molecule has 0 heterocycles. The number of benzene rings is 1. The highest BCUT2D eigenvalue weighted by Gasteiger charge is 2.08. The smallest absolute Gasteiger partial charge is 0.115 e. The second-order valence-electron chi connectivity index (χ2n) is 5.03. The van der Waals surface area contributed by atoms with Gasteiger partial charge < -0.3 is 5.11 Å². The molecule has 15 heavy (non-hydrogen) atoms. The van der Waals surface area contributed by atoms with E-state index < -0.39 is 0 Å². The molecule has 0 atom stereocenters. The average Bonchev–Trinajstić information content (AvgIpc) is 2.14. The minimum atomic E-state index is 0.346. The molecule has 0 aromatic heterocycles. The molecular weight excluding hydrogens is 204 g/mol. The standard InChI is InChI=1S/C13H20OS/c1-13(2,3)8-9-15-10-11-4-6-12(14)7-5-11/h4-7,14H,8-10H2,1-3H3. The van der Waals surface area contributed by atoms with E-state index in [2.05, 4.69) is 20.8 Å². The van der Waals surface area contributed by atoms with Gasteiger partial charge in [0.15, 0.2) is 0 Å². The maximum Gasteiger partial charge on any atom is 0.115 e. The number of thioether (sulfide) groups is 1. The first-order valence-corrected chi connectivity index (χ1v) is 6.48. The quantitative estimate of drug-likeness (QED) is 0.778. The zero-order valence-electron chi connectivity index (χ0n) is 9.79. The van der Waals surface area contributed by atoms with Gasteiger partial charge in [0.2, 0.25) is 0 Å². The van der Waals surface area contributed by atoms with E-state index in [-0.39, 0.29) is 0 Å². The fourth-order valence-electron chi connectivity index (χ4n) is 1.16. The number of hydrogen-bond acceptors (Lipinski definition) is 2. The molecule has 0 unspecified atom stereocenters. The summed E-state index contributed by atoms with van der Waals surface area (Å²) >= 11 is 1.96. The summed E-state index contributed by atoms with van der Waals surface area (Å²) in [7, 11) is 0. The Balaban J connectivity index is 2.23. The third-order valence-corrected chi connectivity index (χ3v) is 3.23. The Labute approximate surface area is 96.9 Å². The third kappa shape index (κ3) is 5.73. The number of rotatable bonds is 4. The Morgan fingerprint density at radius 2 is 1.73 bits per heavy atom. The molecule has 0 fully saturated rings. The molecule has 1 N–H and O–H groups in total. The highest BCUT2D eigenvalue weighted by Crippen LogP contribution is 2.23. The van der Waals surface area contributed by atoms with Gasteiger partial charge in [0.25, 0.3) is 0 Å². The first-order valence-electron chi connectivity index (χ1n) is 5.33. The van der Waals surface area contributed by atoms with Crippen molar-refractivity contribution in [2.24, 2.45) is 5.41 Å². The Bertz CT molecular complexity index is 284. The van der Waals surface area contributed by atoms with Gasteiger partial charge >= 0.3 is 0 Å². The molecule has 1 nitrogen and oxygen atoms in total. The Kier molecular flexibility index (Phi) is 4.52. The van der Waals surface area contributed by atoms with Crippen molar-refractivity contribution in [3.8, 4) is 5.75 Å². The molecule has 0 aliphatic heterocycles. The molecule has 1 rings (SSSR count). The van der Waals surface area contributed by atoms with Gasteiger partial charge in [-0.25, -0.2) is 0 Å². The maximum atomic E-state index is 9.13. The SMILES string of the molecule is CC(C)(C)CCSCc1ccc(O)cc1. The highest BCUT2D eigenvalue weighted by atomic mass is 32.2. The van der Waals surface area contributed by atoms with Gasteiger partial charge in [-0.15, -0.1) is 0 Å². The molecule has 0 spiro atoms. The zero-order chi connectivity index (χ0) is 11.3. The largest absolute Gasteiger partial charge is 0.508 e. The van der Waals surface area contributed by atoms with Gasteiger partial charge in [-0.1, -0.05) is 32.9 Å². The second-order valence-corrected chi connectivity index (χ2v) is 6.13. The van der Waals surface area contributed by atoms with Crippen molar-refractivity contribution in [3.63, 3.8) is 0 Å². The summed E-state index contributed by atoms with van der Waals surface area (Å²) in [5, 5.41) is 9.13. The summed E-state index contributed by atoms with van der Waals surface area (Å²) in [5.41, 5.74) is 1.72. The molecule has 0 saturated heterocycles. The summed E-state index contributed by atoms with van der Waals surface area (Å²) in [5.74, 6) is 2.58. The van der Waals surface area contributed by atoms with Gasteiger partial charge in [-0.2, -0.15) is 11.8 Å². The molecule has 0 saturated carbocycles. The predicted octanol–water partition coefficient (Wildman–Crippen LogP) is 4.06. The minimum Gasteiger partial charge on any atom is -0.508 e. The number of phenolic OH excluding ortho intramolecular Hbond substituents is 1. The molecule has 0 amide bonds. The lowest BCUT2D eigenvalue weighted by Gasteiger charge is -2.17. The summed E-state index contributed by atoms with van der Waals surface area (Å²) < 4.78 is 0. The summed E-state index contributed by atoms with van der Waals surface area (Å²) in [6, 6.07) is 7.47. The van der Waals surface area contributed by atoms with Crippen LogP contribution in [0.5, 0.6) is 5.75 Å². The number of aromatic hydroxyl groups is 1. The van der Waals surface area contributed by atoms with E-state index in [1.807, 2.05) is 23.9 Å². The molecule has 84 valence electrons. The Morgan fingerprint density at radius 1 is 1.13 bits per heavy atom. The van der Waals surface area contributed by atoms with Crippen LogP contribution < -0.4 is 0 Å². The van der Waals surface area contributed by atoms with E-state index in [0.717, 1.165) is 5.75 Å². The van der Waals surface area contributed by atoms with Gasteiger partial charge in [0.1, 0.15) is 5.75 Å². The van der Waals surface area contributed by atoms with Crippen LogP contribution in [0.2, 0.25) is 0 Å². The molecule has 1 aromatic carbocycles. The fourth-order valence-corrected chi connectivity index (χ4v) is 2.49. The van der Waals surface area contributed by atoms with E-state index in [9.17, 15) is 0 Å². The second kappa shape index (κ2) is 5.45. The van der Waals surface area contributed by atoms with Crippen molar-refractivity contribution in [2.45, 2.75) is 32.9 Å². The van der Waals surface area contributed by atoms with E-state index in [4.69, 9.17) is 5.11 Å². The van der Waals surface area contributed by atoms with Gasteiger partial charge in [-0.3, -0.25) is 0 Å². The van der Waals surface area contributed by atoms with Crippen molar-refractivity contribution in [1.29, 1.82) is 0 Å². The summed E-state index contributed by atoms with van der Waals surface area (Å²) in [4.78, 5) is 0. The van der Waals surface area contributed by atoms with Crippen molar-refractivity contribution >= 4 is 11.8 Å². The zero-order valence-corrected chi connectivity index (χ0v) is 10.6. The van der Waals surface area contributed by atoms with Crippen molar-refractivity contribution in [3.05, 3.63) is 29.8 Å². The molecule has 0 aliphatic carbocycles. The van der Waals surface area contributed by atoms with Crippen LogP contribution in [0.4, 0.5) is 0 Å². The van der Waals surface area contributed by atoms with Crippen LogP contribution in [-0.2, 0) is 5.75 Å². The normalized spacial score (nSPS) is 11.7. The van der Waals surface area contributed by atoms with Crippen LogP contribution in [0.15, 0.2) is 24.3 Å². The third-order valence-electron chi connectivity index (χ3n) is 2.20. The molecule has 0 bridgehead atoms. The topological polar surface area (TPSA) is 20.2 Å². The molecular formula is C13H20OS. The van der Waals surface area contributed by atoms with Crippen LogP contribution in [0.25, 0.3) is 0 Å². The average molecular weight is 224 g/mol. The van der Waals surface area contributed by atoms with E-state index in [0.29, 0.717) is 11.2 Å². The maximum absolute atomic E-state index is 9.13. The highest BCUT2D eigenvalue weighted by molar-refractivity contribution is 7.98. The summed E-state index contributed by atoms with van der Waals surface area (Å²) in [6.45, 7) is 6.82. The van der Waals surface area contributed by atoms with E-state index in [1.165, 1.54) is 17.7 Å². The lowest BCUT2D eigenvalue weighted by atomic mass is 9.94. The van der Waals surface area contributed by atoms with Gasteiger partial charge in [0.05, 0.1) is 0 Å². The van der Waals surface area contributed by atoms with Crippen LogP contribution in [0, 0.1) is 5.41 Å². The minimum absolute atomic E-state index is 0.346. The van der Waals surface area contributed by atoms with Crippen molar-refractivity contribution in [2.75, 3.05) is 5.75 Å².